The summed E-state index contributed by atoms with van der Waals surface area (Å²) in [5.74, 6) is -0.926. The van der Waals surface area contributed by atoms with Gasteiger partial charge in [-0.05, 0) is 45.7 Å². The van der Waals surface area contributed by atoms with Crippen molar-refractivity contribution in [1.82, 2.24) is 15.1 Å². The Bertz CT molecular complexity index is 787. The van der Waals surface area contributed by atoms with Gasteiger partial charge in [0.05, 0.1) is 11.1 Å². The third-order valence-corrected chi connectivity index (χ3v) is 4.95. The first-order valence-corrected chi connectivity index (χ1v) is 9.88. The average Bonchev–Trinajstić information content (AvgIpc) is 2.90. The largest absolute Gasteiger partial charge is 0.444 e. The van der Waals surface area contributed by atoms with Crippen LogP contribution in [0.3, 0.4) is 0 Å². The molecule has 1 N–H and O–H groups in total. The summed E-state index contributed by atoms with van der Waals surface area (Å²) in [5.41, 5.74) is 0.228. The van der Waals surface area contributed by atoms with Crippen molar-refractivity contribution in [3.8, 4) is 0 Å². The molecule has 8 heteroatoms. The van der Waals surface area contributed by atoms with E-state index in [4.69, 9.17) is 4.74 Å². The van der Waals surface area contributed by atoms with Gasteiger partial charge < -0.3 is 15.0 Å². The summed E-state index contributed by atoms with van der Waals surface area (Å²) >= 11 is 0. The molecular formula is C21H27N3O5. The molecule has 8 nitrogen and oxygen atoms in total. The molecule has 0 radical (unpaired) electrons. The monoisotopic (exact) mass is 401 g/mol. The van der Waals surface area contributed by atoms with Crippen LogP contribution < -0.4 is 5.32 Å². The quantitative estimate of drug-likeness (QED) is 0.780. The molecular weight excluding hydrogens is 374 g/mol. The molecule has 1 aromatic rings. The van der Waals surface area contributed by atoms with Crippen LogP contribution in [0.15, 0.2) is 24.3 Å². The minimum absolute atomic E-state index is 0.0386. The molecule has 0 bridgehead atoms. The zero-order chi connectivity index (χ0) is 21.2. The van der Waals surface area contributed by atoms with Crippen LogP contribution in [-0.2, 0) is 9.53 Å². The highest BCUT2D eigenvalue weighted by Gasteiger charge is 2.35. The fourth-order valence-corrected chi connectivity index (χ4v) is 3.49. The first-order chi connectivity index (χ1) is 13.7. The summed E-state index contributed by atoms with van der Waals surface area (Å²) in [6.45, 7) is 6.55. The molecule has 3 rings (SSSR count). The van der Waals surface area contributed by atoms with Gasteiger partial charge in [0.1, 0.15) is 5.60 Å². The number of ether oxygens (including phenoxy) is 1. The molecule has 2 aliphatic heterocycles. The Labute approximate surface area is 170 Å². The molecule has 0 aromatic heterocycles. The van der Waals surface area contributed by atoms with Crippen LogP contribution >= 0.6 is 0 Å². The molecule has 1 aromatic carbocycles. The smallest absolute Gasteiger partial charge is 0.410 e. The summed E-state index contributed by atoms with van der Waals surface area (Å²) in [5, 5.41) is 2.93. The van der Waals surface area contributed by atoms with Crippen LogP contribution in [0.1, 0.15) is 60.7 Å². The molecule has 0 aliphatic carbocycles. The molecule has 0 atom stereocenters. The number of fused-ring (bicyclic) bond motifs is 1. The number of hydrogen-bond acceptors (Lipinski definition) is 5. The van der Waals surface area contributed by atoms with E-state index in [2.05, 4.69) is 5.32 Å². The lowest BCUT2D eigenvalue weighted by atomic mass is 10.1. The van der Waals surface area contributed by atoms with Crippen LogP contribution in [0, 0.1) is 0 Å². The second-order valence-corrected chi connectivity index (χ2v) is 8.37. The fraction of sp³-hybridized carbons (Fsp3) is 0.524. The third-order valence-electron chi connectivity index (χ3n) is 4.95. The highest BCUT2D eigenvalue weighted by molar-refractivity contribution is 6.21. The molecule has 2 aliphatic rings. The molecule has 1 saturated heterocycles. The molecule has 156 valence electrons. The highest BCUT2D eigenvalue weighted by Crippen LogP contribution is 2.22. The van der Waals surface area contributed by atoms with Crippen LogP contribution in [0.25, 0.3) is 0 Å². The Morgan fingerprint density at radius 3 is 2.14 bits per heavy atom. The number of rotatable bonds is 4. The molecule has 0 unspecified atom stereocenters. The topological polar surface area (TPSA) is 96.0 Å². The lowest BCUT2D eigenvalue weighted by molar-refractivity contribution is -0.122. The number of amides is 4. The standard InChI is InChI=1S/C21H27N3O5/c1-21(2,3)29-20(28)23-11-8-14(9-12-23)22-17(25)10-13-24-18(26)15-6-4-5-7-16(15)19(24)27/h4-7,14H,8-13H2,1-3H3,(H,22,25). The van der Waals surface area contributed by atoms with E-state index < -0.39 is 5.60 Å². The van der Waals surface area contributed by atoms with Gasteiger partial charge in [-0.1, -0.05) is 12.1 Å². The lowest BCUT2D eigenvalue weighted by Gasteiger charge is -2.33. The van der Waals surface area contributed by atoms with Crippen molar-refractivity contribution in [2.45, 2.75) is 51.7 Å². The number of nitrogens with one attached hydrogen (secondary N) is 1. The number of nitrogens with zero attached hydrogens (tertiary/aromatic N) is 2. The summed E-state index contributed by atoms with van der Waals surface area (Å²) < 4.78 is 5.37. The van der Waals surface area contributed by atoms with Gasteiger partial charge in [0.25, 0.3) is 11.8 Å². The van der Waals surface area contributed by atoms with Crippen LogP contribution in [0.4, 0.5) is 4.79 Å². The molecule has 0 spiro atoms. The number of imide groups is 1. The van der Waals surface area contributed by atoms with Gasteiger partial charge in [-0.3, -0.25) is 19.3 Å². The SMILES string of the molecule is CC(C)(C)OC(=O)N1CCC(NC(=O)CCN2C(=O)c3ccccc3C2=O)CC1. The maximum absolute atomic E-state index is 12.3. The molecule has 1 fully saturated rings. The van der Waals surface area contributed by atoms with Crippen molar-refractivity contribution >= 4 is 23.8 Å². The van der Waals surface area contributed by atoms with Crippen molar-refractivity contribution in [3.63, 3.8) is 0 Å². The summed E-state index contributed by atoms with van der Waals surface area (Å²) in [6, 6.07) is 6.62. The predicted octanol–water partition coefficient (Wildman–Crippen LogP) is 2.19. The number of carbonyl (C=O) groups excluding carboxylic acids is 4. The van der Waals surface area contributed by atoms with E-state index in [0.29, 0.717) is 37.1 Å². The highest BCUT2D eigenvalue weighted by atomic mass is 16.6. The van der Waals surface area contributed by atoms with Crippen molar-refractivity contribution in [3.05, 3.63) is 35.4 Å². The summed E-state index contributed by atoms with van der Waals surface area (Å²) in [6.07, 6.45) is 0.987. The predicted molar refractivity (Wildman–Crippen MR) is 105 cm³/mol. The van der Waals surface area contributed by atoms with E-state index in [1.165, 1.54) is 0 Å². The second-order valence-electron chi connectivity index (χ2n) is 8.37. The van der Waals surface area contributed by atoms with Gasteiger partial charge >= 0.3 is 6.09 Å². The number of piperidine rings is 1. The lowest BCUT2D eigenvalue weighted by Crippen LogP contribution is -2.48. The van der Waals surface area contributed by atoms with Gasteiger partial charge in [-0.15, -0.1) is 0 Å². The normalized spacial score (nSPS) is 17.3. The third kappa shape index (κ3) is 4.93. The Hall–Kier alpha value is -2.90. The van der Waals surface area contributed by atoms with E-state index in [0.717, 1.165) is 4.90 Å². The van der Waals surface area contributed by atoms with Gasteiger partial charge in [0, 0.05) is 32.1 Å². The Morgan fingerprint density at radius 1 is 1.07 bits per heavy atom. The zero-order valence-corrected chi connectivity index (χ0v) is 17.1. The maximum Gasteiger partial charge on any atom is 0.410 e. The minimum atomic E-state index is -0.535. The van der Waals surface area contributed by atoms with Crippen LogP contribution in [0.2, 0.25) is 0 Å². The molecule has 0 saturated carbocycles. The molecule has 29 heavy (non-hydrogen) atoms. The molecule has 4 amide bonds. The van der Waals surface area contributed by atoms with E-state index in [1.54, 1.807) is 29.2 Å². The van der Waals surface area contributed by atoms with Gasteiger partial charge in [-0.25, -0.2) is 4.79 Å². The first kappa shape index (κ1) is 20.8. The Kier molecular flexibility index (Phi) is 5.91. The van der Waals surface area contributed by atoms with Crippen molar-refractivity contribution in [2.24, 2.45) is 0 Å². The van der Waals surface area contributed by atoms with E-state index in [1.807, 2.05) is 20.8 Å². The van der Waals surface area contributed by atoms with Gasteiger partial charge in [0.15, 0.2) is 0 Å². The second kappa shape index (κ2) is 8.23. The first-order valence-electron chi connectivity index (χ1n) is 9.88. The summed E-state index contributed by atoms with van der Waals surface area (Å²) in [4.78, 5) is 51.8. The van der Waals surface area contributed by atoms with E-state index in [-0.39, 0.29) is 42.8 Å². The van der Waals surface area contributed by atoms with Crippen molar-refractivity contribution in [2.75, 3.05) is 19.6 Å². The summed E-state index contributed by atoms with van der Waals surface area (Å²) in [7, 11) is 0. The Morgan fingerprint density at radius 2 is 1.62 bits per heavy atom. The van der Waals surface area contributed by atoms with Gasteiger partial charge in [0.2, 0.25) is 5.91 Å². The number of carbonyl (C=O) groups is 4. The van der Waals surface area contributed by atoms with Crippen LogP contribution in [0.5, 0.6) is 0 Å². The van der Waals surface area contributed by atoms with E-state index in [9.17, 15) is 19.2 Å². The average molecular weight is 401 g/mol. The van der Waals surface area contributed by atoms with Crippen molar-refractivity contribution in [1.29, 1.82) is 0 Å². The molecule has 2 heterocycles. The number of hydrogen-bond donors (Lipinski definition) is 1. The Balaban J connectivity index is 1.43. The maximum atomic E-state index is 12.3. The zero-order valence-electron chi connectivity index (χ0n) is 17.1. The van der Waals surface area contributed by atoms with E-state index >= 15 is 0 Å². The van der Waals surface area contributed by atoms with Crippen molar-refractivity contribution < 1.29 is 23.9 Å². The van der Waals surface area contributed by atoms with Crippen LogP contribution in [-0.4, -0.2) is 64.9 Å². The fourth-order valence-electron chi connectivity index (χ4n) is 3.49. The number of likely N-dealkylation sites (tertiary alicyclic amines) is 1. The van der Waals surface area contributed by atoms with Gasteiger partial charge in [-0.2, -0.15) is 0 Å². The number of benzene rings is 1. The minimum Gasteiger partial charge on any atom is -0.444 e.